The number of hydrogen-bond acceptors (Lipinski definition) is 5. The van der Waals surface area contributed by atoms with Gasteiger partial charge in [0.25, 0.3) is 0 Å². The molecule has 6 heteroatoms. The lowest BCUT2D eigenvalue weighted by Gasteiger charge is -2.17. The summed E-state index contributed by atoms with van der Waals surface area (Å²) in [6.07, 6.45) is -2.78. The third kappa shape index (κ3) is 3.00. The molecule has 0 spiro atoms. The minimum absolute atomic E-state index is 0.0900. The number of halogens is 1. The number of esters is 1. The molecule has 0 saturated carbocycles. The minimum Gasteiger partial charge on any atom is -0.465 e. The van der Waals surface area contributed by atoms with E-state index in [2.05, 4.69) is 4.74 Å². The maximum Gasteiger partial charge on any atom is 0.337 e. The Kier molecular flexibility index (Phi) is 4.56. The Morgan fingerprint density at radius 2 is 2.18 bits per heavy atom. The molecular weight excluding hydrogens is 229 g/mol. The van der Waals surface area contributed by atoms with Crippen LogP contribution in [0.5, 0.6) is 0 Å². The number of aliphatic hydroxyl groups excluding tert-OH is 2. The molecule has 0 amide bonds. The Hall–Kier alpha value is -1.50. The van der Waals surface area contributed by atoms with E-state index in [1.54, 1.807) is 0 Å². The largest absolute Gasteiger partial charge is 0.465 e. The highest BCUT2D eigenvalue weighted by molar-refractivity contribution is 5.89. The van der Waals surface area contributed by atoms with Gasteiger partial charge in [-0.2, -0.15) is 0 Å². The molecule has 0 fully saturated rings. The van der Waals surface area contributed by atoms with Gasteiger partial charge in [-0.15, -0.1) is 0 Å². The molecule has 0 heterocycles. The van der Waals surface area contributed by atoms with E-state index >= 15 is 0 Å². The zero-order valence-electron chi connectivity index (χ0n) is 9.26. The van der Waals surface area contributed by atoms with Crippen molar-refractivity contribution in [2.75, 3.05) is 13.7 Å². The standard InChI is InChI=1S/C11H14FNO4/c1-17-11(16)6-2-3-8(12)7(4-6)10(15)9(14)5-13/h2-4,9-10,14-15H,5,13H2,1H3. The number of rotatable bonds is 4. The number of nitrogens with two attached hydrogens (primary N) is 1. The van der Waals surface area contributed by atoms with Crippen molar-refractivity contribution in [1.29, 1.82) is 0 Å². The van der Waals surface area contributed by atoms with Crippen LogP contribution in [0, 0.1) is 5.82 Å². The van der Waals surface area contributed by atoms with Gasteiger partial charge in [-0.3, -0.25) is 0 Å². The summed E-state index contributed by atoms with van der Waals surface area (Å²) in [5, 5.41) is 19.0. The van der Waals surface area contributed by atoms with Crippen LogP contribution in [-0.2, 0) is 4.74 Å². The molecule has 0 saturated heterocycles. The third-order valence-corrected chi connectivity index (χ3v) is 2.34. The molecule has 1 aromatic carbocycles. The molecule has 2 unspecified atom stereocenters. The molecular formula is C11H14FNO4. The first kappa shape index (κ1) is 13.6. The summed E-state index contributed by atoms with van der Waals surface area (Å²) in [5.41, 5.74) is 5.06. The molecule has 0 aromatic heterocycles. The molecule has 5 nitrogen and oxygen atoms in total. The van der Waals surface area contributed by atoms with Gasteiger partial charge in [-0.25, -0.2) is 9.18 Å². The van der Waals surface area contributed by atoms with E-state index < -0.39 is 24.0 Å². The number of carbonyl (C=O) groups excluding carboxylic acids is 1. The summed E-state index contributed by atoms with van der Waals surface area (Å²) in [7, 11) is 1.19. The van der Waals surface area contributed by atoms with Crippen LogP contribution in [0.4, 0.5) is 4.39 Å². The van der Waals surface area contributed by atoms with Gasteiger partial charge < -0.3 is 20.7 Å². The molecule has 17 heavy (non-hydrogen) atoms. The second-order valence-corrected chi connectivity index (χ2v) is 3.48. The predicted molar refractivity (Wildman–Crippen MR) is 57.8 cm³/mol. The summed E-state index contributed by atoms with van der Waals surface area (Å²) < 4.78 is 17.9. The van der Waals surface area contributed by atoms with E-state index in [1.165, 1.54) is 13.2 Å². The van der Waals surface area contributed by atoms with Crippen molar-refractivity contribution in [3.63, 3.8) is 0 Å². The highest BCUT2D eigenvalue weighted by Crippen LogP contribution is 2.21. The van der Waals surface area contributed by atoms with Crippen molar-refractivity contribution < 1.29 is 24.1 Å². The zero-order valence-corrected chi connectivity index (χ0v) is 9.26. The van der Waals surface area contributed by atoms with Crippen LogP contribution in [0.25, 0.3) is 0 Å². The van der Waals surface area contributed by atoms with Crippen LogP contribution in [0.3, 0.4) is 0 Å². The van der Waals surface area contributed by atoms with Crippen molar-refractivity contribution in [2.45, 2.75) is 12.2 Å². The Labute approximate surface area is 97.6 Å². The van der Waals surface area contributed by atoms with E-state index in [0.29, 0.717) is 0 Å². The highest BCUT2D eigenvalue weighted by atomic mass is 19.1. The number of carbonyl (C=O) groups is 1. The SMILES string of the molecule is COC(=O)c1ccc(F)c(C(O)C(O)CN)c1. The molecule has 1 aromatic rings. The van der Waals surface area contributed by atoms with Crippen LogP contribution < -0.4 is 5.73 Å². The third-order valence-electron chi connectivity index (χ3n) is 2.34. The smallest absolute Gasteiger partial charge is 0.337 e. The van der Waals surface area contributed by atoms with Crippen molar-refractivity contribution in [3.05, 3.63) is 35.1 Å². The second-order valence-electron chi connectivity index (χ2n) is 3.48. The predicted octanol–water partition coefficient (Wildman–Crippen LogP) is -0.0347. The van der Waals surface area contributed by atoms with Gasteiger partial charge in [-0.1, -0.05) is 0 Å². The Morgan fingerprint density at radius 3 is 2.71 bits per heavy atom. The fraction of sp³-hybridized carbons (Fsp3) is 0.364. The molecule has 0 bridgehead atoms. The van der Waals surface area contributed by atoms with Gasteiger partial charge >= 0.3 is 5.97 Å². The van der Waals surface area contributed by atoms with Gasteiger partial charge in [0.2, 0.25) is 0 Å². The topological polar surface area (TPSA) is 92.8 Å². The van der Waals surface area contributed by atoms with Gasteiger partial charge in [0.05, 0.1) is 18.8 Å². The lowest BCUT2D eigenvalue weighted by molar-refractivity contribution is 0.0221. The zero-order chi connectivity index (χ0) is 13.0. The summed E-state index contributed by atoms with van der Waals surface area (Å²) in [6, 6.07) is 3.38. The van der Waals surface area contributed by atoms with E-state index in [0.717, 1.165) is 12.1 Å². The van der Waals surface area contributed by atoms with Gasteiger partial charge in [-0.05, 0) is 18.2 Å². The van der Waals surface area contributed by atoms with Crippen molar-refractivity contribution in [2.24, 2.45) is 5.73 Å². The quantitative estimate of drug-likeness (QED) is 0.645. The normalized spacial score (nSPS) is 14.2. The van der Waals surface area contributed by atoms with Crippen LogP contribution in [0.1, 0.15) is 22.0 Å². The molecule has 94 valence electrons. The Bertz CT molecular complexity index is 410. The van der Waals surface area contributed by atoms with Gasteiger partial charge in [0, 0.05) is 12.1 Å². The minimum atomic E-state index is -1.48. The molecule has 4 N–H and O–H groups in total. The molecule has 0 radical (unpaired) electrons. The highest BCUT2D eigenvalue weighted by Gasteiger charge is 2.21. The number of ether oxygens (including phenoxy) is 1. The molecule has 1 rings (SSSR count). The summed E-state index contributed by atoms with van der Waals surface area (Å²) in [4.78, 5) is 11.2. The van der Waals surface area contributed by atoms with Crippen molar-refractivity contribution >= 4 is 5.97 Å². The summed E-state index contributed by atoms with van der Waals surface area (Å²) in [5.74, 6) is -1.38. The lowest BCUT2D eigenvalue weighted by Crippen LogP contribution is -2.28. The lowest BCUT2D eigenvalue weighted by atomic mass is 10.0. The van der Waals surface area contributed by atoms with Crippen LogP contribution in [0.15, 0.2) is 18.2 Å². The first-order valence-corrected chi connectivity index (χ1v) is 4.95. The monoisotopic (exact) mass is 243 g/mol. The number of hydrogen-bond donors (Lipinski definition) is 3. The van der Waals surface area contributed by atoms with Crippen LogP contribution in [-0.4, -0.2) is 35.9 Å². The molecule has 2 atom stereocenters. The molecule has 0 aliphatic rings. The van der Waals surface area contributed by atoms with E-state index in [-0.39, 0.29) is 17.7 Å². The first-order chi connectivity index (χ1) is 8.01. The van der Waals surface area contributed by atoms with Crippen LogP contribution in [0.2, 0.25) is 0 Å². The van der Waals surface area contributed by atoms with Gasteiger partial charge in [0.1, 0.15) is 11.9 Å². The number of benzene rings is 1. The fourth-order valence-corrected chi connectivity index (χ4v) is 1.35. The Morgan fingerprint density at radius 1 is 1.53 bits per heavy atom. The Balaban J connectivity index is 3.10. The average Bonchev–Trinajstić information content (AvgIpc) is 2.36. The number of aliphatic hydroxyl groups is 2. The maximum absolute atomic E-state index is 13.4. The molecule has 0 aliphatic heterocycles. The summed E-state index contributed by atoms with van der Waals surface area (Å²) >= 11 is 0. The molecule has 0 aliphatic carbocycles. The van der Waals surface area contributed by atoms with Crippen molar-refractivity contribution in [1.82, 2.24) is 0 Å². The average molecular weight is 243 g/mol. The maximum atomic E-state index is 13.4. The van der Waals surface area contributed by atoms with E-state index in [4.69, 9.17) is 5.73 Å². The van der Waals surface area contributed by atoms with Crippen LogP contribution >= 0.6 is 0 Å². The van der Waals surface area contributed by atoms with Gasteiger partial charge in [0.15, 0.2) is 0 Å². The van der Waals surface area contributed by atoms with E-state index in [9.17, 15) is 19.4 Å². The fourth-order valence-electron chi connectivity index (χ4n) is 1.35. The van der Waals surface area contributed by atoms with E-state index in [1.807, 2.05) is 0 Å². The first-order valence-electron chi connectivity index (χ1n) is 4.95. The number of methoxy groups -OCH3 is 1. The second kappa shape index (κ2) is 5.72. The van der Waals surface area contributed by atoms with Crippen molar-refractivity contribution in [3.8, 4) is 0 Å². The summed E-state index contributed by atoms with van der Waals surface area (Å²) in [6.45, 7) is -0.219.